The molecule has 6 nitrogen and oxygen atoms in total. The van der Waals surface area contributed by atoms with Crippen molar-refractivity contribution >= 4 is 40.7 Å². The number of ketones is 2. The van der Waals surface area contributed by atoms with Crippen LogP contribution in [0.25, 0.3) is 0 Å². The van der Waals surface area contributed by atoms with Crippen molar-refractivity contribution in [2.24, 2.45) is 10.8 Å². The molecule has 2 fully saturated rings. The predicted molar refractivity (Wildman–Crippen MR) is 137 cm³/mol. The number of nitrogens with zero attached hydrogens (tertiary/aromatic N) is 3. The molecule has 194 valence electrons. The second kappa shape index (κ2) is 9.90. The van der Waals surface area contributed by atoms with Crippen LogP contribution in [-0.2, 0) is 4.79 Å². The Morgan fingerprint density at radius 1 is 1.11 bits per heavy atom. The zero-order valence-corrected chi connectivity index (χ0v) is 22.7. The number of hydrogen-bond acceptors (Lipinski definition) is 4. The minimum absolute atomic E-state index is 0.0154. The van der Waals surface area contributed by atoms with E-state index >= 15 is 0 Å². The van der Waals surface area contributed by atoms with Gasteiger partial charge in [-0.2, -0.15) is 5.10 Å². The summed E-state index contributed by atoms with van der Waals surface area (Å²) in [5.74, 6) is -1.14. The lowest BCUT2D eigenvalue weighted by Gasteiger charge is -2.35. The van der Waals surface area contributed by atoms with Crippen molar-refractivity contribution in [1.82, 2.24) is 14.7 Å². The molecule has 0 spiro atoms. The molecule has 1 aromatic carbocycles. The Morgan fingerprint density at radius 2 is 1.69 bits per heavy atom. The first-order valence-electron chi connectivity index (χ1n) is 12.4. The Hall–Kier alpha value is -2.25. The molecule has 0 saturated heterocycles. The third kappa shape index (κ3) is 5.37. The Kier molecular flexibility index (Phi) is 7.37. The standard InChI is InChI=1S/C27H32Cl2FN3O3/c1-16-20(13-31-33(16)19-5-7-27(4,8-6-19)17(2)34)25(36)32(15-26(3)9-10-26)14-23(35)24-21(28)11-18(30)12-22(24)29/h11-13,19H,5-10,14-15H2,1-4H3. The number of halogens is 3. The highest BCUT2D eigenvalue weighted by molar-refractivity contribution is 6.40. The van der Waals surface area contributed by atoms with Gasteiger partial charge in [0.2, 0.25) is 0 Å². The number of hydrogen-bond donors (Lipinski definition) is 0. The van der Waals surface area contributed by atoms with Gasteiger partial charge in [-0.25, -0.2) is 4.39 Å². The zero-order valence-electron chi connectivity index (χ0n) is 21.2. The molecular weight excluding hydrogens is 504 g/mol. The molecule has 2 aromatic rings. The fraction of sp³-hybridized carbons (Fsp3) is 0.556. The molecule has 0 unspecified atom stereocenters. The van der Waals surface area contributed by atoms with E-state index in [1.165, 1.54) is 4.90 Å². The van der Waals surface area contributed by atoms with Gasteiger partial charge in [0.1, 0.15) is 11.6 Å². The topological polar surface area (TPSA) is 72.3 Å². The van der Waals surface area contributed by atoms with Crippen molar-refractivity contribution in [3.63, 3.8) is 0 Å². The highest BCUT2D eigenvalue weighted by atomic mass is 35.5. The van der Waals surface area contributed by atoms with Gasteiger partial charge in [0, 0.05) is 17.7 Å². The van der Waals surface area contributed by atoms with Crippen LogP contribution >= 0.6 is 23.2 Å². The third-order valence-electron chi connectivity index (χ3n) is 8.11. The van der Waals surface area contributed by atoms with E-state index in [-0.39, 0.29) is 50.7 Å². The number of Topliss-reactive ketones (excluding diaryl/α,β-unsaturated/α-hetero) is 2. The maximum atomic E-state index is 13.7. The molecule has 36 heavy (non-hydrogen) atoms. The summed E-state index contributed by atoms with van der Waals surface area (Å²) in [7, 11) is 0. The van der Waals surface area contributed by atoms with Gasteiger partial charge in [0.15, 0.2) is 5.78 Å². The Morgan fingerprint density at radius 3 is 2.22 bits per heavy atom. The largest absolute Gasteiger partial charge is 0.330 e. The number of rotatable bonds is 8. The van der Waals surface area contributed by atoms with Gasteiger partial charge in [-0.1, -0.05) is 37.0 Å². The first-order chi connectivity index (χ1) is 16.8. The summed E-state index contributed by atoms with van der Waals surface area (Å²) in [6.45, 7) is 7.82. The Balaban J connectivity index is 1.56. The molecule has 1 amide bonds. The lowest BCUT2D eigenvalue weighted by molar-refractivity contribution is -0.127. The van der Waals surface area contributed by atoms with Crippen LogP contribution in [0.15, 0.2) is 18.3 Å². The van der Waals surface area contributed by atoms with Crippen LogP contribution < -0.4 is 0 Å². The van der Waals surface area contributed by atoms with E-state index in [1.807, 2.05) is 18.5 Å². The minimum atomic E-state index is -0.630. The highest BCUT2D eigenvalue weighted by Crippen LogP contribution is 2.46. The number of benzene rings is 1. The van der Waals surface area contributed by atoms with Gasteiger partial charge in [0.05, 0.1) is 40.0 Å². The summed E-state index contributed by atoms with van der Waals surface area (Å²) in [4.78, 5) is 40.4. The summed E-state index contributed by atoms with van der Waals surface area (Å²) >= 11 is 12.3. The van der Waals surface area contributed by atoms with Crippen LogP contribution in [0.4, 0.5) is 4.39 Å². The molecule has 0 N–H and O–H groups in total. The Labute approximate surface area is 221 Å². The zero-order chi connectivity index (χ0) is 26.4. The van der Waals surface area contributed by atoms with Crippen LogP contribution in [-0.4, -0.2) is 45.2 Å². The third-order valence-corrected chi connectivity index (χ3v) is 8.71. The molecule has 0 atom stereocenters. The molecule has 1 heterocycles. The number of carbonyl (C=O) groups is 3. The molecule has 0 bridgehead atoms. The summed E-state index contributed by atoms with van der Waals surface area (Å²) in [6, 6.07) is 2.21. The maximum Gasteiger partial charge on any atom is 0.257 e. The van der Waals surface area contributed by atoms with Gasteiger partial charge in [-0.05, 0) is 69.9 Å². The molecule has 0 aliphatic heterocycles. The summed E-state index contributed by atoms with van der Waals surface area (Å²) < 4.78 is 15.5. The average molecular weight is 536 g/mol. The number of aromatic nitrogens is 2. The van der Waals surface area contributed by atoms with Gasteiger partial charge < -0.3 is 4.90 Å². The van der Waals surface area contributed by atoms with E-state index in [4.69, 9.17) is 23.2 Å². The van der Waals surface area contributed by atoms with Crippen molar-refractivity contribution in [3.8, 4) is 0 Å². The Bertz CT molecular complexity index is 1190. The van der Waals surface area contributed by atoms with Crippen molar-refractivity contribution < 1.29 is 18.8 Å². The number of amides is 1. The van der Waals surface area contributed by atoms with Crippen LogP contribution in [0.3, 0.4) is 0 Å². The maximum absolute atomic E-state index is 13.7. The second-order valence-corrected chi connectivity index (χ2v) is 11.9. The molecule has 2 aliphatic rings. The highest BCUT2D eigenvalue weighted by Gasteiger charge is 2.41. The monoisotopic (exact) mass is 535 g/mol. The van der Waals surface area contributed by atoms with E-state index in [1.54, 1.807) is 13.1 Å². The lowest BCUT2D eigenvalue weighted by atomic mass is 9.71. The van der Waals surface area contributed by atoms with Crippen LogP contribution in [0.2, 0.25) is 10.0 Å². The van der Waals surface area contributed by atoms with Crippen molar-refractivity contribution in [3.05, 3.63) is 51.0 Å². The van der Waals surface area contributed by atoms with Crippen LogP contribution in [0.5, 0.6) is 0 Å². The van der Waals surface area contributed by atoms with Gasteiger partial charge in [-0.3, -0.25) is 19.1 Å². The molecule has 9 heteroatoms. The quantitative estimate of drug-likeness (QED) is 0.363. The van der Waals surface area contributed by atoms with Crippen molar-refractivity contribution in [2.75, 3.05) is 13.1 Å². The van der Waals surface area contributed by atoms with Crippen molar-refractivity contribution in [1.29, 1.82) is 0 Å². The van der Waals surface area contributed by atoms with Crippen LogP contribution in [0, 0.1) is 23.6 Å². The SMILES string of the molecule is CC(=O)C1(C)CCC(n2ncc(C(=O)N(CC(=O)c3c(Cl)cc(F)cc3Cl)CC3(C)CC3)c2C)CC1. The first-order valence-corrected chi connectivity index (χ1v) is 13.1. The number of carbonyl (C=O) groups excluding carboxylic acids is 3. The predicted octanol–water partition coefficient (Wildman–Crippen LogP) is 6.47. The molecule has 4 rings (SSSR count). The summed E-state index contributed by atoms with van der Waals surface area (Å²) in [5.41, 5.74) is 0.866. The van der Waals surface area contributed by atoms with Crippen LogP contribution in [0.1, 0.15) is 91.7 Å². The average Bonchev–Trinajstić information content (AvgIpc) is 3.39. The fourth-order valence-electron chi connectivity index (χ4n) is 5.10. The summed E-state index contributed by atoms with van der Waals surface area (Å²) in [5, 5.41) is 4.39. The fourth-order valence-corrected chi connectivity index (χ4v) is 5.77. The molecule has 0 radical (unpaired) electrons. The van der Waals surface area contributed by atoms with E-state index in [0.717, 1.165) is 56.4 Å². The molecule has 1 aromatic heterocycles. The van der Waals surface area contributed by atoms with Crippen molar-refractivity contribution in [2.45, 2.75) is 72.3 Å². The summed E-state index contributed by atoms with van der Waals surface area (Å²) in [6.07, 6.45) is 6.71. The van der Waals surface area contributed by atoms with E-state index < -0.39 is 11.6 Å². The van der Waals surface area contributed by atoms with E-state index in [2.05, 4.69) is 12.0 Å². The lowest BCUT2D eigenvalue weighted by Crippen LogP contribution is -2.39. The van der Waals surface area contributed by atoms with Gasteiger partial charge in [0.25, 0.3) is 5.91 Å². The van der Waals surface area contributed by atoms with E-state index in [9.17, 15) is 18.8 Å². The molecule has 2 saturated carbocycles. The first kappa shape index (κ1) is 26.8. The van der Waals surface area contributed by atoms with Gasteiger partial charge >= 0.3 is 0 Å². The minimum Gasteiger partial charge on any atom is -0.330 e. The molecule has 2 aliphatic carbocycles. The smallest absolute Gasteiger partial charge is 0.257 e. The van der Waals surface area contributed by atoms with Gasteiger partial charge in [-0.15, -0.1) is 0 Å². The second-order valence-electron chi connectivity index (χ2n) is 11.1. The normalized spacial score (nSPS) is 22.8. The van der Waals surface area contributed by atoms with E-state index in [0.29, 0.717) is 12.1 Å². The molecular formula is C27H32Cl2FN3O3.